The van der Waals surface area contributed by atoms with E-state index in [1.165, 1.54) is 0 Å². The molecule has 4 unspecified atom stereocenters. The molecule has 3 aliphatic rings. The average molecular weight is 395 g/mol. The third kappa shape index (κ3) is 4.13. The van der Waals surface area contributed by atoms with E-state index >= 15 is 0 Å². The Balaban J connectivity index is 1.42. The fraction of sp³-hybridized carbons (Fsp3) is 0.818. The summed E-state index contributed by atoms with van der Waals surface area (Å²) in [6.07, 6.45) is 5.49. The molecule has 0 aromatic rings. The molecule has 0 N–H and O–H groups in total. The van der Waals surface area contributed by atoms with Crippen LogP contribution in [0.4, 0.5) is 0 Å². The molecule has 1 saturated heterocycles. The van der Waals surface area contributed by atoms with Gasteiger partial charge in [-0.05, 0) is 56.8 Å². The minimum Gasteiger partial charge on any atom is -0.464 e. The van der Waals surface area contributed by atoms with Crippen molar-refractivity contribution in [3.63, 3.8) is 0 Å². The predicted molar refractivity (Wildman–Crippen MR) is 103 cm³/mol. The highest BCUT2D eigenvalue weighted by Gasteiger charge is 2.66. The predicted octanol–water partition coefficient (Wildman–Crippen LogP) is 3.63. The van der Waals surface area contributed by atoms with Gasteiger partial charge in [0.25, 0.3) is 0 Å². The maximum Gasteiger partial charge on any atom is 0.332 e. The summed E-state index contributed by atoms with van der Waals surface area (Å²) in [5, 5.41) is 0. The lowest BCUT2D eigenvalue weighted by molar-refractivity contribution is -0.159. The Labute approximate surface area is 167 Å². The van der Waals surface area contributed by atoms with Gasteiger partial charge in [0, 0.05) is 6.42 Å². The number of ether oxygens (including phenoxy) is 4. The Morgan fingerprint density at radius 3 is 2.50 bits per heavy atom. The normalized spacial score (nSPS) is 32.7. The molecule has 0 aromatic carbocycles. The summed E-state index contributed by atoms with van der Waals surface area (Å²) < 4.78 is 21.7. The maximum absolute atomic E-state index is 12.8. The van der Waals surface area contributed by atoms with Crippen LogP contribution in [0, 0.1) is 23.2 Å². The molecular formula is C22H34O6. The fourth-order valence-electron chi connectivity index (χ4n) is 5.49. The fourth-order valence-corrected chi connectivity index (χ4v) is 5.49. The van der Waals surface area contributed by atoms with Crippen LogP contribution in [0.3, 0.4) is 0 Å². The first kappa shape index (κ1) is 21.3. The number of rotatable bonds is 10. The number of carbonyl (C=O) groups is 2. The summed E-state index contributed by atoms with van der Waals surface area (Å²) >= 11 is 0. The number of hydrogen-bond donors (Lipinski definition) is 0. The van der Waals surface area contributed by atoms with Crippen molar-refractivity contribution in [2.45, 2.75) is 64.9 Å². The monoisotopic (exact) mass is 394 g/mol. The molecule has 6 nitrogen and oxygen atoms in total. The topological polar surface area (TPSA) is 71.1 Å². The van der Waals surface area contributed by atoms with Gasteiger partial charge in [0.15, 0.2) is 0 Å². The molecule has 2 bridgehead atoms. The van der Waals surface area contributed by atoms with Crippen molar-refractivity contribution in [1.29, 1.82) is 0 Å². The van der Waals surface area contributed by atoms with Crippen molar-refractivity contribution in [2.75, 3.05) is 26.6 Å². The van der Waals surface area contributed by atoms with E-state index in [-0.39, 0.29) is 36.4 Å². The molecule has 1 aliphatic heterocycles. The summed E-state index contributed by atoms with van der Waals surface area (Å²) in [6, 6.07) is 0. The largest absolute Gasteiger partial charge is 0.464 e. The van der Waals surface area contributed by atoms with Gasteiger partial charge in [-0.15, -0.1) is 0 Å². The van der Waals surface area contributed by atoms with Crippen molar-refractivity contribution < 1.29 is 28.5 Å². The van der Waals surface area contributed by atoms with E-state index < -0.39 is 0 Å². The summed E-state index contributed by atoms with van der Waals surface area (Å²) in [6.45, 7) is 10.6. The molecule has 0 aromatic heterocycles. The highest BCUT2D eigenvalue weighted by Crippen LogP contribution is 2.65. The van der Waals surface area contributed by atoms with Crippen LogP contribution in [0.15, 0.2) is 12.2 Å². The molecule has 1 heterocycles. The van der Waals surface area contributed by atoms with Crippen LogP contribution < -0.4 is 0 Å². The molecule has 4 atom stereocenters. The quantitative estimate of drug-likeness (QED) is 0.244. The van der Waals surface area contributed by atoms with Gasteiger partial charge < -0.3 is 18.9 Å². The minimum absolute atomic E-state index is 0.0160. The first-order valence-electron chi connectivity index (χ1n) is 10.5. The van der Waals surface area contributed by atoms with E-state index in [9.17, 15) is 9.59 Å². The summed E-state index contributed by atoms with van der Waals surface area (Å²) in [5.41, 5.74) is 0.343. The highest BCUT2D eigenvalue weighted by molar-refractivity contribution is 5.81. The Morgan fingerprint density at radius 1 is 1.21 bits per heavy atom. The van der Waals surface area contributed by atoms with Crippen molar-refractivity contribution in [3.8, 4) is 0 Å². The SMILES string of the molecule is C=C(C)COCOCC(=O)OCC1CC2CC1CC21CC(CC)(CC)OC1=O. The zero-order valence-corrected chi connectivity index (χ0v) is 17.5. The standard InChI is InChI=1S/C22H34O6/c1-5-21(6-2)13-22(20(24)28-21)9-16-7-18(22)8-17(16)11-27-19(23)12-26-14-25-10-15(3)4/h16-18H,3,5-14H2,1-2,4H3. The lowest BCUT2D eigenvalue weighted by atomic mass is 9.66. The van der Waals surface area contributed by atoms with Crippen LogP contribution in [0.1, 0.15) is 59.3 Å². The molecule has 2 aliphatic carbocycles. The highest BCUT2D eigenvalue weighted by atomic mass is 16.7. The van der Waals surface area contributed by atoms with Gasteiger partial charge in [0.05, 0.1) is 18.6 Å². The zero-order chi connectivity index (χ0) is 20.4. The van der Waals surface area contributed by atoms with Gasteiger partial charge in [-0.1, -0.05) is 26.0 Å². The van der Waals surface area contributed by atoms with Gasteiger partial charge in [-0.2, -0.15) is 0 Å². The Morgan fingerprint density at radius 2 is 1.93 bits per heavy atom. The number of hydrogen-bond acceptors (Lipinski definition) is 6. The molecular weight excluding hydrogens is 360 g/mol. The van der Waals surface area contributed by atoms with Crippen molar-refractivity contribution in [1.82, 2.24) is 0 Å². The van der Waals surface area contributed by atoms with Gasteiger partial charge in [0.1, 0.15) is 19.0 Å². The van der Waals surface area contributed by atoms with E-state index in [4.69, 9.17) is 18.9 Å². The Kier molecular flexibility index (Phi) is 6.50. The number of esters is 2. The molecule has 1 spiro atoms. The van der Waals surface area contributed by atoms with Crippen molar-refractivity contribution in [3.05, 3.63) is 12.2 Å². The molecule has 3 fully saturated rings. The zero-order valence-electron chi connectivity index (χ0n) is 17.5. The number of carbonyl (C=O) groups excluding carboxylic acids is 2. The van der Waals surface area contributed by atoms with Crippen LogP contribution >= 0.6 is 0 Å². The van der Waals surface area contributed by atoms with Gasteiger partial charge in [0.2, 0.25) is 0 Å². The maximum atomic E-state index is 12.8. The lowest BCUT2D eigenvalue weighted by Gasteiger charge is -2.34. The smallest absolute Gasteiger partial charge is 0.332 e. The second-order valence-corrected chi connectivity index (χ2v) is 8.96. The van der Waals surface area contributed by atoms with E-state index in [0.29, 0.717) is 31.0 Å². The molecule has 0 radical (unpaired) electrons. The van der Waals surface area contributed by atoms with E-state index in [0.717, 1.165) is 44.1 Å². The van der Waals surface area contributed by atoms with Gasteiger partial charge >= 0.3 is 11.9 Å². The Bertz CT molecular complexity index is 610. The summed E-state index contributed by atoms with van der Waals surface area (Å²) in [4.78, 5) is 24.6. The lowest BCUT2D eigenvalue weighted by Crippen LogP contribution is -2.36. The van der Waals surface area contributed by atoms with Crippen LogP contribution in [0.2, 0.25) is 0 Å². The van der Waals surface area contributed by atoms with Crippen molar-refractivity contribution >= 4 is 11.9 Å². The third-order valence-electron chi connectivity index (χ3n) is 7.08. The van der Waals surface area contributed by atoms with Crippen molar-refractivity contribution in [2.24, 2.45) is 23.2 Å². The van der Waals surface area contributed by atoms with Gasteiger partial charge in [-0.25, -0.2) is 4.79 Å². The van der Waals surface area contributed by atoms with E-state index in [1.807, 2.05) is 6.92 Å². The molecule has 2 saturated carbocycles. The first-order chi connectivity index (χ1) is 13.3. The third-order valence-corrected chi connectivity index (χ3v) is 7.08. The van der Waals surface area contributed by atoms with Crippen LogP contribution in [0.5, 0.6) is 0 Å². The molecule has 158 valence electrons. The number of cyclic esters (lactones) is 1. The first-order valence-corrected chi connectivity index (χ1v) is 10.5. The minimum atomic E-state index is -0.368. The van der Waals surface area contributed by atoms with E-state index in [2.05, 4.69) is 20.4 Å². The second kappa shape index (κ2) is 8.54. The summed E-state index contributed by atoms with van der Waals surface area (Å²) in [7, 11) is 0. The number of fused-ring (bicyclic) bond motifs is 3. The van der Waals surface area contributed by atoms with E-state index in [1.54, 1.807) is 0 Å². The van der Waals surface area contributed by atoms with Crippen LogP contribution in [0.25, 0.3) is 0 Å². The summed E-state index contributed by atoms with van der Waals surface area (Å²) in [5.74, 6) is 0.787. The molecule has 28 heavy (non-hydrogen) atoms. The van der Waals surface area contributed by atoms with Gasteiger partial charge in [-0.3, -0.25) is 4.79 Å². The van der Waals surface area contributed by atoms with Crippen LogP contribution in [-0.4, -0.2) is 44.2 Å². The van der Waals surface area contributed by atoms with Crippen LogP contribution in [-0.2, 0) is 28.5 Å². The average Bonchev–Trinajstić information content (AvgIpc) is 3.31. The molecule has 6 heteroatoms. The molecule has 3 rings (SSSR count). The molecule has 0 amide bonds. The second-order valence-electron chi connectivity index (χ2n) is 8.96. The Hall–Kier alpha value is -1.40.